The number of carbonyl (C=O) groups is 2. The van der Waals surface area contributed by atoms with Gasteiger partial charge in [0, 0.05) is 17.7 Å². The summed E-state index contributed by atoms with van der Waals surface area (Å²) in [5.41, 5.74) is 1.85. The Morgan fingerprint density at radius 2 is 2.17 bits per heavy atom. The zero-order valence-electron chi connectivity index (χ0n) is 12.0. The van der Waals surface area contributed by atoms with Gasteiger partial charge in [0.15, 0.2) is 0 Å². The number of nitro groups is 1. The number of aliphatic imine (C=N–C) groups is 1. The summed E-state index contributed by atoms with van der Waals surface area (Å²) in [4.78, 5) is 37.1. The number of hydrogen-bond donors (Lipinski definition) is 1. The van der Waals surface area contributed by atoms with Gasteiger partial charge < -0.3 is 9.73 Å². The van der Waals surface area contributed by atoms with Crippen molar-refractivity contribution in [1.82, 2.24) is 5.32 Å². The van der Waals surface area contributed by atoms with Crippen LogP contribution in [-0.4, -0.2) is 22.4 Å². The maximum Gasteiger partial charge on any atom is 0.433 e. The van der Waals surface area contributed by atoms with E-state index >= 15 is 0 Å². The highest BCUT2D eigenvalue weighted by atomic mass is 16.6. The molecule has 1 aliphatic heterocycles. The number of amides is 2. The van der Waals surface area contributed by atoms with Gasteiger partial charge in [-0.15, -0.1) is 0 Å². The molecule has 8 nitrogen and oxygen atoms in total. The molecule has 0 bridgehead atoms. The number of fused-ring (bicyclic) bond motifs is 1. The molecule has 1 atom stereocenters. The fraction of sp³-hybridized carbons (Fsp3) is 0.133. The molecule has 0 radical (unpaired) electrons. The Labute approximate surface area is 130 Å². The first kappa shape index (κ1) is 14.6. The third-order valence-electron chi connectivity index (χ3n) is 3.43. The molecule has 116 valence electrons. The van der Waals surface area contributed by atoms with Crippen LogP contribution in [0.2, 0.25) is 0 Å². The molecule has 3 rings (SSSR count). The smallest absolute Gasteiger partial charge is 0.395 e. The van der Waals surface area contributed by atoms with Crippen molar-refractivity contribution in [2.24, 2.45) is 10.9 Å². The van der Waals surface area contributed by atoms with Crippen LogP contribution in [0, 0.1) is 16.0 Å². The van der Waals surface area contributed by atoms with Gasteiger partial charge in [-0.05, 0) is 25.1 Å². The first-order valence-electron chi connectivity index (χ1n) is 6.70. The molecule has 0 saturated carbocycles. The van der Waals surface area contributed by atoms with Gasteiger partial charge in [-0.25, -0.2) is 4.99 Å². The topological polar surface area (TPSA) is 115 Å². The van der Waals surface area contributed by atoms with Gasteiger partial charge in [-0.1, -0.05) is 11.6 Å². The molecular formula is C15H11N3O5. The fourth-order valence-electron chi connectivity index (χ4n) is 2.36. The molecule has 2 amide bonds. The minimum atomic E-state index is -0.734. The normalized spacial score (nSPS) is 21.3. The van der Waals surface area contributed by atoms with E-state index in [0.717, 1.165) is 11.6 Å². The van der Waals surface area contributed by atoms with Crippen LogP contribution in [0.15, 0.2) is 57.1 Å². The largest absolute Gasteiger partial charge is 0.433 e. The Kier molecular flexibility index (Phi) is 3.49. The lowest BCUT2D eigenvalue weighted by Gasteiger charge is -2.25. The van der Waals surface area contributed by atoms with Gasteiger partial charge in [-0.3, -0.25) is 19.7 Å². The van der Waals surface area contributed by atoms with Gasteiger partial charge in [0.25, 0.3) is 0 Å². The highest BCUT2D eigenvalue weighted by Gasteiger charge is 2.24. The van der Waals surface area contributed by atoms with E-state index in [4.69, 9.17) is 4.42 Å². The second-order valence-electron chi connectivity index (χ2n) is 5.05. The van der Waals surface area contributed by atoms with Gasteiger partial charge in [0.1, 0.15) is 4.92 Å². The molecule has 23 heavy (non-hydrogen) atoms. The van der Waals surface area contributed by atoms with Crippen molar-refractivity contribution in [2.75, 3.05) is 0 Å². The SMILES string of the molecule is CC1=CC(=O)NC2=CC(=NC(=O)c3ccc([N+](=O)[O-])o3)C=CC12. The van der Waals surface area contributed by atoms with E-state index in [0.29, 0.717) is 11.4 Å². The number of nitrogens with zero attached hydrogens (tertiary/aromatic N) is 2. The van der Waals surface area contributed by atoms with E-state index in [1.165, 1.54) is 12.1 Å². The maximum absolute atomic E-state index is 12.0. The summed E-state index contributed by atoms with van der Waals surface area (Å²) in [6.45, 7) is 1.84. The lowest BCUT2D eigenvalue weighted by molar-refractivity contribution is -0.402. The molecule has 1 unspecified atom stereocenters. The molecule has 0 spiro atoms. The molecule has 1 aromatic rings. The third kappa shape index (κ3) is 2.86. The second-order valence-corrected chi connectivity index (χ2v) is 5.05. The number of furan rings is 1. The molecule has 1 aliphatic carbocycles. The van der Waals surface area contributed by atoms with Crippen molar-refractivity contribution in [1.29, 1.82) is 0 Å². The summed E-state index contributed by atoms with van der Waals surface area (Å²) < 4.78 is 4.81. The van der Waals surface area contributed by atoms with E-state index in [2.05, 4.69) is 10.3 Å². The number of nitrogens with one attached hydrogen (secondary N) is 1. The highest BCUT2D eigenvalue weighted by molar-refractivity contribution is 6.13. The molecule has 0 saturated heterocycles. The van der Waals surface area contributed by atoms with Crippen LogP contribution in [0.3, 0.4) is 0 Å². The van der Waals surface area contributed by atoms with E-state index in [1.807, 2.05) is 13.0 Å². The zero-order chi connectivity index (χ0) is 16.6. The Morgan fingerprint density at radius 3 is 2.87 bits per heavy atom. The summed E-state index contributed by atoms with van der Waals surface area (Å²) in [5, 5.41) is 13.2. The van der Waals surface area contributed by atoms with E-state index in [-0.39, 0.29) is 17.6 Å². The van der Waals surface area contributed by atoms with Gasteiger partial charge in [0.05, 0.1) is 11.8 Å². The minimum Gasteiger partial charge on any atom is -0.395 e. The van der Waals surface area contributed by atoms with Crippen LogP contribution in [0.4, 0.5) is 5.88 Å². The summed E-state index contributed by atoms with van der Waals surface area (Å²) in [6.07, 6.45) is 6.57. The second kappa shape index (κ2) is 5.48. The summed E-state index contributed by atoms with van der Waals surface area (Å²) >= 11 is 0. The quantitative estimate of drug-likeness (QED) is 0.661. The molecule has 2 heterocycles. The maximum atomic E-state index is 12.0. The van der Waals surface area contributed by atoms with Crippen LogP contribution in [0.25, 0.3) is 0 Å². The first-order valence-corrected chi connectivity index (χ1v) is 6.70. The molecule has 2 aliphatic rings. The van der Waals surface area contributed by atoms with Crippen LogP contribution < -0.4 is 5.32 Å². The van der Waals surface area contributed by atoms with Crippen LogP contribution in [0.1, 0.15) is 17.5 Å². The van der Waals surface area contributed by atoms with E-state index in [9.17, 15) is 19.7 Å². The molecule has 0 aromatic carbocycles. The monoisotopic (exact) mass is 313 g/mol. The fourth-order valence-corrected chi connectivity index (χ4v) is 2.36. The highest BCUT2D eigenvalue weighted by Crippen LogP contribution is 2.26. The molecular weight excluding hydrogens is 302 g/mol. The van der Waals surface area contributed by atoms with E-state index in [1.54, 1.807) is 12.2 Å². The van der Waals surface area contributed by atoms with Crippen LogP contribution >= 0.6 is 0 Å². The number of allylic oxidation sites excluding steroid dienone is 3. The lowest BCUT2D eigenvalue weighted by atomic mass is 9.89. The Hall–Kier alpha value is -3.29. The summed E-state index contributed by atoms with van der Waals surface area (Å²) in [6, 6.07) is 2.29. The van der Waals surface area contributed by atoms with Gasteiger partial charge >= 0.3 is 11.8 Å². The summed E-state index contributed by atoms with van der Waals surface area (Å²) in [5.74, 6) is -1.75. The zero-order valence-corrected chi connectivity index (χ0v) is 12.0. The standard InChI is InChI=1S/C15H11N3O5/c1-8-6-13(19)17-11-7-9(2-3-10(8)11)16-15(20)12-4-5-14(23-12)18(21)22/h2-7,10H,1H3,(H,17,19). The van der Waals surface area contributed by atoms with Crippen molar-refractivity contribution in [3.63, 3.8) is 0 Å². The number of rotatable bonds is 2. The minimum absolute atomic E-state index is 0.0496. The number of carbonyl (C=O) groups excluding carboxylic acids is 2. The Morgan fingerprint density at radius 1 is 1.39 bits per heavy atom. The predicted molar refractivity (Wildman–Crippen MR) is 79.7 cm³/mol. The number of hydrogen-bond acceptors (Lipinski definition) is 5. The van der Waals surface area contributed by atoms with Gasteiger partial charge in [0.2, 0.25) is 11.7 Å². The first-order chi connectivity index (χ1) is 10.9. The molecule has 1 N–H and O–H groups in total. The Bertz CT molecular complexity index is 841. The van der Waals surface area contributed by atoms with Crippen molar-refractivity contribution in [3.05, 3.63) is 63.6 Å². The summed E-state index contributed by atoms with van der Waals surface area (Å²) in [7, 11) is 0. The predicted octanol–water partition coefficient (Wildman–Crippen LogP) is 1.92. The Balaban J connectivity index is 1.85. The average Bonchev–Trinajstić information content (AvgIpc) is 2.96. The molecule has 0 fully saturated rings. The molecule has 8 heteroatoms. The van der Waals surface area contributed by atoms with Crippen molar-refractivity contribution >= 4 is 23.4 Å². The average molecular weight is 313 g/mol. The lowest BCUT2D eigenvalue weighted by Crippen LogP contribution is -2.32. The van der Waals surface area contributed by atoms with Crippen LogP contribution in [0.5, 0.6) is 0 Å². The van der Waals surface area contributed by atoms with Crippen molar-refractivity contribution < 1.29 is 18.9 Å². The third-order valence-corrected chi connectivity index (χ3v) is 3.43. The van der Waals surface area contributed by atoms with Crippen molar-refractivity contribution in [2.45, 2.75) is 6.92 Å². The van der Waals surface area contributed by atoms with Gasteiger partial charge in [-0.2, -0.15) is 0 Å². The van der Waals surface area contributed by atoms with Crippen LogP contribution in [-0.2, 0) is 4.79 Å². The molecule has 1 aromatic heterocycles. The van der Waals surface area contributed by atoms with Crippen molar-refractivity contribution in [3.8, 4) is 0 Å². The van der Waals surface area contributed by atoms with E-state index < -0.39 is 16.7 Å².